The second-order valence-corrected chi connectivity index (χ2v) is 7.45. The molecular weight excluding hydrogens is 312 g/mol. The van der Waals surface area contributed by atoms with Crippen LogP contribution < -0.4 is 5.32 Å². The van der Waals surface area contributed by atoms with E-state index in [0.717, 1.165) is 6.42 Å². The zero-order valence-electron chi connectivity index (χ0n) is 14.5. The number of carbonyl (C=O) groups excluding carboxylic acids is 1. The third-order valence-electron chi connectivity index (χ3n) is 4.23. The van der Waals surface area contributed by atoms with Gasteiger partial charge in [0.1, 0.15) is 0 Å². The number of aryl methyl sites for hydroxylation is 2. The van der Waals surface area contributed by atoms with Gasteiger partial charge in [-0.05, 0) is 45.2 Å². The number of hydrogen-bond acceptors (Lipinski definition) is 4. The Morgan fingerprint density at radius 3 is 2.91 bits per heavy atom. The van der Waals surface area contributed by atoms with Crippen LogP contribution in [0.25, 0.3) is 0 Å². The predicted molar refractivity (Wildman–Crippen MR) is 93.0 cm³/mol. The number of ether oxygens (including phenoxy) is 1. The number of aliphatic hydroxyl groups excluding tert-OH is 1. The highest BCUT2D eigenvalue weighted by Crippen LogP contribution is 2.27. The molecule has 0 aromatic carbocycles. The molecule has 1 aromatic rings. The molecule has 2 rings (SSSR count). The molecule has 3 atom stereocenters. The van der Waals surface area contributed by atoms with Crippen LogP contribution in [0.15, 0.2) is 6.07 Å². The van der Waals surface area contributed by atoms with E-state index in [1.165, 1.54) is 15.3 Å². The van der Waals surface area contributed by atoms with Crippen molar-refractivity contribution in [1.82, 2.24) is 10.2 Å². The van der Waals surface area contributed by atoms with Crippen molar-refractivity contribution < 1.29 is 14.6 Å². The number of nitrogens with zero attached hydrogens (tertiary/aromatic N) is 1. The summed E-state index contributed by atoms with van der Waals surface area (Å²) in [4.78, 5) is 17.0. The number of hydrogen-bond donors (Lipinski definition) is 2. The highest BCUT2D eigenvalue weighted by atomic mass is 32.1. The van der Waals surface area contributed by atoms with Crippen LogP contribution >= 0.6 is 11.3 Å². The molecule has 2 heterocycles. The molecule has 1 aromatic heterocycles. The highest BCUT2D eigenvalue weighted by molar-refractivity contribution is 7.12. The molecule has 6 heteroatoms. The Labute approximate surface area is 142 Å². The largest absolute Gasteiger partial charge is 0.393 e. The molecule has 2 amide bonds. The first-order chi connectivity index (χ1) is 10.9. The summed E-state index contributed by atoms with van der Waals surface area (Å²) in [5.74, 6) is 0. The van der Waals surface area contributed by atoms with Crippen molar-refractivity contribution in [3.05, 3.63) is 21.4 Å². The molecule has 1 fully saturated rings. The van der Waals surface area contributed by atoms with Crippen molar-refractivity contribution in [2.45, 2.75) is 58.7 Å². The summed E-state index contributed by atoms with van der Waals surface area (Å²) >= 11 is 1.77. The predicted octanol–water partition coefficient (Wildman–Crippen LogP) is 2.86. The van der Waals surface area contributed by atoms with Gasteiger partial charge in [-0.2, -0.15) is 0 Å². The van der Waals surface area contributed by atoms with Crippen LogP contribution in [-0.4, -0.2) is 47.9 Å². The third-order valence-corrected chi connectivity index (χ3v) is 5.79. The van der Waals surface area contributed by atoms with Gasteiger partial charge in [0.15, 0.2) is 0 Å². The van der Waals surface area contributed by atoms with Crippen LogP contribution in [-0.2, 0) is 11.2 Å². The minimum absolute atomic E-state index is 0.0125. The van der Waals surface area contributed by atoms with Gasteiger partial charge in [0.25, 0.3) is 0 Å². The molecule has 130 valence electrons. The molecule has 0 radical (unpaired) electrons. The molecule has 0 aliphatic carbocycles. The zero-order chi connectivity index (χ0) is 17.0. The van der Waals surface area contributed by atoms with E-state index >= 15 is 0 Å². The number of urea groups is 1. The molecule has 0 spiro atoms. The summed E-state index contributed by atoms with van der Waals surface area (Å²) in [5, 5.41) is 12.7. The first-order valence-electron chi connectivity index (χ1n) is 8.34. The minimum Gasteiger partial charge on any atom is -0.393 e. The third kappa shape index (κ3) is 4.68. The van der Waals surface area contributed by atoms with Crippen molar-refractivity contribution in [2.75, 3.05) is 19.8 Å². The molecule has 1 aliphatic heterocycles. The van der Waals surface area contributed by atoms with Crippen molar-refractivity contribution in [3.8, 4) is 0 Å². The summed E-state index contributed by atoms with van der Waals surface area (Å²) in [7, 11) is 0. The van der Waals surface area contributed by atoms with E-state index in [1.54, 1.807) is 23.2 Å². The van der Waals surface area contributed by atoms with Crippen LogP contribution in [0.5, 0.6) is 0 Å². The number of morpholine rings is 1. The molecule has 23 heavy (non-hydrogen) atoms. The molecular formula is C17H28N2O3S. The number of rotatable bonds is 5. The van der Waals surface area contributed by atoms with Gasteiger partial charge in [0, 0.05) is 16.3 Å². The maximum atomic E-state index is 12.6. The summed E-state index contributed by atoms with van der Waals surface area (Å²) in [6.45, 7) is 9.65. The zero-order valence-corrected chi connectivity index (χ0v) is 15.3. The first-order valence-corrected chi connectivity index (χ1v) is 9.16. The number of aliphatic hydroxyl groups is 1. The van der Waals surface area contributed by atoms with E-state index in [4.69, 9.17) is 4.74 Å². The Morgan fingerprint density at radius 1 is 1.57 bits per heavy atom. The fraction of sp³-hybridized carbons (Fsp3) is 0.706. The summed E-state index contributed by atoms with van der Waals surface area (Å²) in [5.41, 5.74) is 1.30. The van der Waals surface area contributed by atoms with Gasteiger partial charge in [0.2, 0.25) is 0 Å². The molecule has 2 N–H and O–H groups in total. The van der Waals surface area contributed by atoms with E-state index in [-0.39, 0.29) is 18.1 Å². The van der Waals surface area contributed by atoms with E-state index in [2.05, 4.69) is 25.2 Å². The van der Waals surface area contributed by atoms with Gasteiger partial charge in [-0.15, -0.1) is 11.3 Å². The Hall–Kier alpha value is -1.11. The van der Waals surface area contributed by atoms with E-state index < -0.39 is 6.10 Å². The lowest BCUT2D eigenvalue weighted by Gasteiger charge is -2.36. The molecule has 1 aliphatic rings. The van der Waals surface area contributed by atoms with Crippen LogP contribution in [0.2, 0.25) is 0 Å². The maximum Gasteiger partial charge on any atom is 0.318 e. The normalized spacial score (nSPS) is 21.1. The van der Waals surface area contributed by atoms with Gasteiger partial charge >= 0.3 is 6.03 Å². The fourth-order valence-corrected chi connectivity index (χ4v) is 4.08. The van der Waals surface area contributed by atoms with Gasteiger partial charge in [0.05, 0.1) is 31.4 Å². The summed E-state index contributed by atoms with van der Waals surface area (Å²) in [6.07, 6.45) is 1.12. The van der Waals surface area contributed by atoms with Crippen molar-refractivity contribution >= 4 is 17.4 Å². The molecule has 1 saturated heterocycles. The number of thiophene rings is 1. The Morgan fingerprint density at radius 2 is 2.30 bits per heavy atom. The van der Waals surface area contributed by atoms with E-state index in [9.17, 15) is 9.90 Å². The SMILES string of the molecule is CCc1sc([C@H](C)NC(=O)N2CCOC[C@H]2C[C@H](C)O)cc1C. The van der Waals surface area contributed by atoms with Crippen LogP contribution in [0, 0.1) is 6.92 Å². The Kier molecular flexibility index (Phi) is 6.44. The lowest BCUT2D eigenvalue weighted by molar-refractivity contribution is -0.00472. The van der Waals surface area contributed by atoms with Gasteiger partial charge < -0.3 is 20.1 Å². The Balaban J connectivity index is 2.00. The van der Waals surface area contributed by atoms with Crippen molar-refractivity contribution in [1.29, 1.82) is 0 Å². The second-order valence-electron chi connectivity index (χ2n) is 6.29. The van der Waals surface area contributed by atoms with Gasteiger partial charge in [-0.3, -0.25) is 0 Å². The smallest absolute Gasteiger partial charge is 0.318 e. The van der Waals surface area contributed by atoms with Crippen LogP contribution in [0.1, 0.15) is 48.6 Å². The fourth-order valence-electron chi connectivity index (χ4n) is 2.96. The summed E-state index contributed by atoms with van der Waals surface area (Å²) < 4.78 is 5.46. The average Bonchev–Trinajstić information content (AvgIpc) is 2.88. The monoisotopic (exact) mass is 340 g/mol. The van der Waals surface area contributed by atoms with E-state index in [0.29, 0.717) is 26.2 Å². The first kappa shape index (κ1) is 18.2. The van der Waals surface area contributed by atoms with Crippen LogP contribution in [0.4, 0.5) is 4.79 Å². The number of carbonyl (C=O) groups is 1. The lowest BCUT2D eigenvalue weighted by atomic mass is 10.1. The van der Waals surface area contributed by atoms with Crippen LogP contribution in [0.3, 0.4) is 0 Å². The van der Waals surface area contributed by atoms with Crippen molar-refractivity contribution in [3.63, 3.8) is 0 Å². The topological polar surface area (TPSA) is 61.8 Å². The second kappa shape index (κ2) is 8.13. The van der Waals surface area contributed by atoms with Gasteiger partial charge in [-0.25, -0.2) is 4.79 Å². The van der Waals surface area contributed by atoms with Gasteiger partial charge in [-0.1, -0.05) is 6.92 Å². The maximum absolute atomic E-state index is 12.6. The minimum atomic E-state index is -0.443. The average molecular weight is 340 g/mol. The molecule has 0 saturated carbocycles. The van der Waals surface area contributed by atoms with E-state index in [1.807, 2.05) is 6.92 Å². The molecule has 0 bridgehead atoms. The quantitative estimate of drug-likeness (QED) is 0.866. The Bertz CT molecular complexity index is 530. The number of amides is 2. The summed E-state index contributed by atoms with van der Waals surface area (Å²) in [6, 6.07) is 2.02. The van der Waals surface area contributed by atoms with Crippen molar-refractivity contribution in [2.24, 2.45) is 0 Å². The standard InChI is InChI=1S/C17H28N2O3S/c1-5-15-11(2)8-16(23-15)13(4)18-17(21)19-6-7-22-10-14(19)9-12(3)20/h8,12-14,20H,5-7,9-10H2,1-4H3,(H,18,21)/t12-,13-,14+/m0/s1. The number of nitrogens with one attached hydrogen (secondary N) is 1. The highest BCUT2D eigenvalue weighted by Gasteiger charge is 2.29. The lowest BCUT2D eigenvalue weighted by Crippen LogP contribution is -2.53. The molecule has 5 nitrogen and oxygen atoms in total. The molecule has 0 unspecified atom stereocenters.